The van der Waals surface area contributed by atoms with Gasteiger partial charge in [-0.1, -0.05) is 315 Å². The molecular weight excluding hydrogens is 889 g/mol. The van der Waals surface area contributed by atoms with Crippen LogP contribution in [0.3, 0.4) is 0 Å². The average Bonchev–Trinajstić information content (AvgIpc) is 3.38. The minimum Gasteiger partial charge on any atom is -0.462 e. The fourth-order valence-corrected chi connectivity index (χ4v) is 9.83. The summed E-state index contributed by atoms with van der Waals surface area (Å²) in [6.07, 6.45) is 73.5. The predicted molar refractivity (Wildman–Crippen MR) is 312 cm³/mol. The number of allylic oxidation sites excluding steroid dienone is 4. The third kappa shape index (κ3) is 58.8. The summed E-state index contributed by atoms with van der Waals surface area (Å²) in [7, 11) is 0. The Labute approximate surface area is 449 Å². The Morgan fingerprint density at radius 3 is 0.792 bits per heavy atom. The molecule has 0 amide bonds. The summed E-state index contributed by atoms with van der Waals surface area (Å²) >= 11 is 0. The van der Waals surface area contributed by atoms with Crippen LogP contribution in [0.2, 0.25) is 0 Å². The van der Waals surface area contributed by atoms with Crippen LogP contribution in [0, 0.1) is 0 Å². The lowest BCUT2D eigenvalue weighted by molar-refractivity contribution is -0.167. The topological polar surface area (TPSA) is 78.9 Å². The quantitative estimate of drug-likeness (QED) is 0.0261. The van der Waals surface area contributed by atoms with Crippen LogP contribution in [0.5, 0.6) is 0 Å². The Balaban J connectivity index is 4.09. The molecule has 0 aromatic rings. The van der Waals surface area contributed by atoms with Crippen molar-refractivity contribution in [1.29, 1.82) is 0 Å². The molecule has 0 radical (unpaired) electrons. The van der Waals surface area contributed by atoms with E-state index in [0.717, 1.165) is 70.6 Å². The van der Waals surface area contributed by atoms with Crippen molar-refractivity contribution in [1.82, 2.24) is 0 Å². The van der Waals surface area contributed by atoms with E-state index in [-0.39, 0.29) is 31.1 Å². The molecular formula is C66H124O6. The molecule has 0 rings (SSSR count). The Morgan fingerprint density at radius 2 is 0.500 bits per heavy atom. The van der Waals surface area contributed by atoms with Crippen LogP contribution in [0.25, 0.3) is 0 Å². The minimum absolute atomic E-state index is 0.0691. The average molecular weight is 1010 g/mol. The van der Waals surface area contributed by atoms with Gasteiger partial charge in [-0.3, -0.25) is 14.4 Å². The van der Waals surface area contributed by atoms with Crippen molar-refractivity contribution in [2.24, 2.45) is 0 Å². The highest BCUT2D eigenvalue weighted by Crippen LogP contribution is 2.18. The Kier molecular flexibility index (Phi) is 59.6. The highest BCUT2D eigenvalue weighted by Gasteiger charge is 2.19. The molecule has 6 nitrogen and oxygen atoms in total. The lowest BCUT2D eigenvalue weighted by Crippen LogP contribution is -2.30. The highest BCUT2D eigenvalue weighted by atomic mass is 16.6. The smallest absolute Gasteiger partial charge is 0.306 e. The van der Waals surface area contributed by atoms with Gasteiger partial charge in [-0.05, 0) is 51.4 Å². The van der Waals surface area contributed by atoms with E-state index >= 15 is 0 Å². The molecule has 1 unspecified atom stereocenters. The zero-order chi connectivity index (χ0) is 52.2. The van der Waals surface area contributed by atoms with Crippen LogP contribution in [-0.2, 0) is 28.6 Å². The Hall–Kier alpha value is -2.11. The second-order valence-electron chi connectivity index (χ2n) is 22.0. The van der Waals surface area contributed by atoms with E-state index < -0.39 is 6.10 Å². The lowest BCUT2D eigenvalue weighted by atomic mass is 10.0. The van der Waals surface area contributed by atoms with Gasteiger partial charge in [0, 0.05) is 19.3 Å². The molecule has 0 saturated heterocycles. The Morgan fingerprint density at radius 1 is 0.278 bits per heavy atom. The molecule has 424 valence electrons. The number of rotatable bonds is 60. The van der Waals surface area contributed by atoms with E-state index in [0.29, 0.717) is 19.3 Å². The Bertz CT molecular complexity index is 1160. The SMILES string of the molecule is CCCCC/C=C\C/C=C\CCCCCCCCCC(=O)OC(COC(=O)CCCCCCCCCCC)COC(=O)CCCCCCCCCCCCCCCCCCCCCCCCCCCCCC. The van der Waals surface area contributed by atoms with Crippen LogP contribution < -0.4 is 0 Å². The molecule has 0 aliphatic heterocycles. The zero-order valence-corrected chi connectivity index (χ0v) is 48.7. The van der Waals surface area contributed by atoms with Gasteiger partial charge in [0.2, 0.25) is 0 Å². The molecule has 0 aliphatic rings. The number of ether oxygens (including phenoxy) is 3. The van der Waals surface area contributed by atoms with Crippen LogP contribution in [0.4, 0.5) is 0 Å². The van der Waals surface area contributed by atoms with Gasteiger partial charge in [0.05, 0.1) is 0 Å². The van der Waals surface area contributed by atoms with Crippen LogP contribution in [0.1, 0.15) is 361 Å². The van der Waals surface area contributed by atoms with Gasteiger partial charge in [0.15, 0.2) is 6.10 Å². The number of hydrogen-bond donors (Lipinski definition) is 0. The van der Waals surface area contributed by atoms with Crippen molar-refractivity contribution >= 4 is 17.9 Å². The molecule has 0 N–H and O–H groups in total. The molecule has 0 heterocycles. The normalized spacial score (nSPS) is 12.1. The predicted octanol–water partition coefficient (Wildman–Crippen LogP) is 21.8. The minimum atomic E-state index is -0.770. The van der Waals surface area contributed by atoms with Crippen molar-refractivity contribution in [2.45, 2.75) is 367 Å². The molecule has 0 aromatic carbocycles. The summed E-state index contributed by atoms with van der Waals surface area (Å²) in [6, 6.07) is 0. The second kappa shape index (κ2) is 61.4. The first kappa shape index (κ1) is 69.9. The fraction of sp³-hybridized carbons (Fsp3) is 0.894. The van der Waals surface area contributed by atoms with Gasteiger partial charge in [0.25, 0.3) is 0 Å². The second-order valence-corrected chi connectivity index (χ2v) is 22.0. The van der Waals surface area contributed by atoms with Crippen LogP contribution in [0.15, 0.2) is 24.3 Å². The van der Waals surface area contributed by atoms with E-state index in [4.69, 9.17) is 14.2 Å². The van der Waals surface area contributed by atoms with Gasteiger partial charge in [-0.15, -0.1) is 0 Å². The number of carbonyl (C=O) groups excluding carboxylic acids is 3. The molecule has 0 saturated carbocycles. The highest BCUT2D eigenvalue weighted by molar-refractivity contribution is 5.71. The van der Waals surface area contributed by atoms with E-state index in [9.17, 15) is 14.4 Å². The van der Waals surface area contributed by atoms with Crippen LogP contribution in [-0.4, -0.2) is 37.2 Å². The van der Waals surface area contributed by atoms with E-state index in [1.807, 2.05) is 0 Å². The summed E-state index contributed by atoms with van der Waals surface area (Å²) < 4.78 is 16.9. The first-order chi connectivity index (χ1) is 35.5. The summed E-state index contributed by atoms with van der Waals surface area (Å²) in [5.41, 5.74) is 0. The standard InChI is InChI=1S/C66H124O6/c1-4-7-10-13-16-19-21-23-25-27-28-29-30-31-32-33-34-35-36-37-39-40-42-44-47-50-53-56-59-65(68)71-62-63(61-70-64(67)58-55-52-49-46-18-15-12-9-6-3)72-66(69)60-57-54-51-48-45-43-41-38-26-24-22-20-17-14-11-8-5-2/h17,20,24,26,63H,4-16,18-19,21-23,25,27-62H2,1-3H3/b20-17-,26-24-. The van der Waals surface area contributed by atoms with Crippen LogP contribution >= 0.6 is 0 Å². The third-order valence-corrected chi connectivity index (χ3v) is 14.7. The summed E-state index contributed by atoms with van der Waals surface area (Å²) in [6.45, 7) is 6.65. The number of carbonyl (C=O) groups is 3. The maximum absolute atomic E-state index is 12.9. The largest absolute Gasteiger partial charge is 0.462 e. The van der Waals surface area contributed by atoms with Crippen molar-refractivity contribution in [3.05, 3.63) is 24.3 Å². The van der Waals surface area contributed by atoms with Gasteiger partial charge in [0.1, 0.15) is 13.2 Å². The molecule has 0 aromatic heterocycles. The summed E-state index contributed by atoms with van der Waals surface area (Å²) in [5.74, 6) is -0.856. The van der Waals surface area contributed by atoms with Gasteiger partial charge >= 0.3 is 17.9 Å². The van der Waals surface area contributed by atoms with Crippen molar-refractivity contribution in [3.63, 3.8) is 0 Å². The van der Waals surface area contributed by atoms with Gasteiger partial charge < -0.3 is 14.2 Å². The first-order valence-corrected chi connectivity index (χ1v) is 32.3. The van der Waals surface area contributed by atoms with E-state index in [1.165, 1.54) is 250 Å². The van der Waals surface area contributed by atoms with Crippen molar-refractivity contribution in [2.75, 3.05) is 13.2 Å². The van der Waals surface area contributed by atoms with Gasteiger partial charge in [-0.2, -0.15) is 0 Å². The lowest BCUT2D eigenvalue weighted by Gasteiger charge is -2.18. The molecule has 72 heavy (non-hydrogen) atoms. The van der Waals surface area contributed by atoms with E-state index in [2.05, 4.69) is 45.1 Å². The third-order valence-electron chi connectivity index (χ3n) is 14.7. The summed E-state index contributed by atoms with van der Waals surface area (Å²) in [4.78, 5) is 38.1. The fourth-order valence-electron chi connectivity index (χ4n) is 9.83. The molecule has 1 atom stereocenters. The molecule has 6 heteroatoms. The molecule has 0 spiro atoms. The number of esters is 3. The van der Waals surface area contributed by atoms with E-state index in [1.54, 1.807) is 0 Å². The van der Waals surface area contributed by atoms with Crippen molar-refractivity contribution in [3.8, 4) is 0 Å². The monoisotopic (exact) mass is 1010 g/mol. The van der Waals surface area contributed by atoms with Crippen molar-refractivity contribution < 1.29 is 28.6 Å². The maximum Gasteiger partial charge on any atom is 0.306 e. The number of hydrogen-bond acceptors (Lipinski definition) is 6. The number of unbranched alkanes of at least 4 members (excludes halogenated alkanes) is 45. The maximum atomic E-state index is 12.9. The first-order valence-electron chi connectivity index (χ1n) is 32.3. The summed E-state index contributed by atoms with van der Waals surface area (Å²) in [5, 5.41) is 0. The zero-order valence-electron chi connectivity index (χ0n) is 48.7. The molecule has 0 fully saturated rings. The van der Waals surface area contributed by atoms with Gasteiger partial charge in [-0.25, -0.2) is 0 Å². The molecule has 0 aliphatic carbocycles. The molecule has 0 bridgehead atoms.